The van der Waals surface area contributed by atoms with Crippen LogP contribution in [-0.2, 0) is 6.54 Å². The number of hydrogen-bond acceptors (Lipinski definition) is 1. The number of carbonyl (C=O) groups is 1. The van der Waals surface area contributed by atoms with Crippen LogP contribution in [0.4, 0.5) is 0 Å². The van der Waals surface area contributed by atoms with Crippen molar-refractivity contribution in [1.29, 1.82) is 0 Å². The van der Waals surface area contributed by atoms with Gasteiger partial charge in [0.2, 0.25) is 0 Å². The zero-order valence-corrected chi connectivity index (χ0v) is 16.3. The van der Waals surface area contributed by atoms with Crippen LogP contribution in [0.2, 0.25) is 0 Å². The molecule has 2 aromatic carbocycles. The topological polar surface area (TPSA) is 20.3 Å². The third kappa shape index (κ3) is 4.35. The van der Waals surface area contributed by atoms with Crippen LogP contribution in [0.1, 0.15) is 56.0 Å². The first kappa shape index (κ1) is 18.7. The first-order valence-corrected chi connectivity index (χ1v) is 9.96. The van der Waals surface area contributed by atoms with E-state index in [1.54, 1.807) is 0 Å². The van der Waals surface area contributed by atoms with Gasteiger partial charge in [0, 0.05) is 18.2 Å². The Hall–Kier alpha value is -2.09. The highest BCUT2D eigenvalue weighted by Gasteiger charge is 2.37. The first-order valence-electron chi connectivity index (χ1n) is 9.96. The number of benzene rings is 2. The molecule has 1 saturated carbocycles. The van der Waals surface area contributed by atoms with Gasteiger partial charge in [0.15, 0.2) is 0 Å². The lowest BCUT2D eigenvalue weighted by Crippen LogP contribution is -2.48. The van der Waals surface area contributed by atoms with E-state index in [-0.39, 0.29) is 5.91 Å². The minimum absolute atomic E-state index is 0.166. The largest absolute Gasteiger partial charge is 0.331 e. The molecule has 0 radical (unpaired) electrons. The summed E-state index contributed by atoms with van der Waals surface area (Å²) in [6, 6.07) is 20.5. The van der Waals surface area contributed by atoms with Gasteiger partial charge in [-0.2, -0.15) is 0 Å². The fourth-order valence-electron chi connectivity index (χ4n) is 4.38. The minimum atomic E-state index is 0.166. The van der Waals surface area contributed by atoms with E-state index < -0.39 is 0 Å². The molecule has 26 heavy (non-hydrogen) atoms. The highest BCUT2D eigenvalue weighted by Crippen LogP contribution is 2.37. The van der Waals surface area contributed by atoms with Gasteiger partial charge in [0.25, 0.3) is 5.91 Å². The second kappa shape index (κ2) is 8.53. The molecule has 0 saturated heterocycles. The first-order chi connectivity index (χ1) is 12.6. The predicted octanol–water partition coefficient (Wildman–Crippen LogP) is 5.79. The molecule has 0 unspecified atom stereocenters. The van der Waals surface area contributed by atoms with E-state index in [2.05, 4.69) is 49.9 Å². The summed E-state index contributed by atoms with van der Waals surface area (Å²) < 4.78 is 0. The van der Waals surface area contributed by atoms with Crippen LogP contribution >= 0.6 is 0 Å². The van der Waals surface area contributed by atoms with Gasteiger partial charge in [-0.3, -0.25) is 4.79 Å². The van der Waals surface area contributed by atoms with E-state index in [0.29, 0.717) is 30.3 Å². The maximum atomic E-state index is 13.4. The maximum Gasteiger partial charge on any atom is 0.254 e. The van der Waals surface area contributed by atoms with Crippen LogP contribution in [0.15, 0.2) is 60.7 Å². The Morgan fingerprint density at radius 1 is 1.00 bits per heavy atom. The normalized spacial score (nSPS) is 23.0. The van der Waals surface area contributed by atoms with Crippen molar-refractivity contribution in [1.82, 2.24) is 4.90 Å². The number of rotatable bonds is 5. The van der Waals surface area contributed by atoms with Gasteiger partial charge in [-0.15, -0.1) is 0 Å². The van der Waals surface area contributed by atoms with Crippen molar-refractivity contribution in [2.75, 3.05) is 0 Å². The molecule has 0 bridgehead atoms. The molecule has 1 fully saturated rings. The lowest BCUT2D eigenvalue weighted by Gasteiger charge is -2.44. The quantitative estimate of drug-likeness (QED) is 0.669. The Morgan fingerprint density at radius 3 is 2.23 bits per heavy atom. The fraction of sp³-hybridized carbons (Fsp3) is 0.458. The molecule has 0 spiro atoms. The third-order valence-corrected chi connectivity index (χ3v) is 5.86. The second-order valence-electron chi connectivity index (χ2n) is 8.18. The van der Waals surface area contributed by atoms with E-state index in [1.807, 2.05) is 36.4 Å². The van der Waals surface area contributed by atoms with Crippen molar-refractivity contribution in [3.8, 4) is 0 Å². The van der Waals surface area contributed by atoms with Crippen LogP contribution in [0.25, 0.3) is 0 Å². The fourth-order valence-corrected chi connectivity index (χ4v) is 4.38. The van der Waals surface area contributed by atoms with Crippen LogP contribution < -0.4 is 0 Å². The van der Waals surface area contributed by atoms with Crippen LogP contribution in [0, 0.1) is 17.8 Å². The molecular formula is C24H31NO. The van der Waals surface area contributed by atoms with Crippen molar-refractivity contribution < 1.29 is 4.79 Å². The average Bonchev–Trinajstić information content (AvgIpc) is 2.67. The Kier molecular flexibility index (Phi) is 6.13. The lowest BCUT2D eigenvalue weighted by molar-refractivity contribution is 0.0366. The molecule has 3 rings (SSSR count). The van der Waals surface area contributed by atoms with Gasteiger partial charge < -0.3 is 4.90 Å². The van der Waals surface area contributed by atoms with Gasteiger partial charge in [0.05, 0.1) is 0 Å². The van der Waals surface area contributed by atoms with Crippen LogP contribution in [-0.4, -0.2) is 16.8 Å². The summed E-state index contributed by atoms with van der Waals surface area (Å²) in [7, 11) is 0. The highest BCUT2D eigenvalue weighted by molar-refractivity contribution is 5.94. The van der Waals surface area contributed by atoms with E-state index in [4.69, 9.17) is 0 Å². The number of carbonyl (C=O) groups excluding carboxylic acids is 1. The van der Waals surface area contributed by atoms with Crippen molar-refractivity contribution in [2.24, 2.45) is 17.8 Å². The highest BCUT2D eigenvalue weighted by atomic mass is 16.2. The Morgan fingerprint density at radius 2 is 1.62 bits per heavy atom. The van der Waals surface area contributed by atoms with E-state index >= 15 is 0 Å². The summed E-state index contributed by atoms with van der Waals surface area (Å²) in [6.45, 7) is 7.63. The summed E-state index contributed by atoms with van der Waals surface area (Å²) in [5, 5.41) is 0. The number of amides is 1. The van der Waals surface area contributed by atoms with E-state index in [1.165, 1.54) is 18.4 Å². The molecule has 2 nitrogen and oxygen atoms in total. The van der Waals surface area contributed by atoms with Crippen molar-refractivity contribution in [2.45, 2.75) is 52.6 Å². The SMILES string of the molecule is CC(C)[C@@H]1CC[C@@H](C)C[C@H]1N(Cc1ccccc1)C(=O)c1ccccc1. The second-order valence-corrected chi connectivity index (χ2v) is 8.18. The molecule has 0 aromatic heterocycles. The van der Waals surface area contributed by atoms with Gasteiger partial charge in [0.1, 0.15) is 0 Å². The van der Waals surface area contributed by atoms with Gasteiger partial charge >= 0.3 is 0 Å². The molecule has 2 aromatic rings. The van der Waals surface area contributed by atoms with Crippen LogP contribution in [0.3, 0.4) is 0 Å². The zero-order valence-electron chi connectivity index (χ0n) is 16.3. The molecule has 0 heterocycles. The average molecular weight is 350 g/mol. The Balaban J connectivity index is 1.94. The molecule has 1 amide bonds. The molecule has 3 atom stereocenters. The summed E-state index contributed by atoms with van der Waals surface area (Å²) in [6.07, 6.45) is 3.60. The summed E-state index contributed by atoms with van der Waals surface area (Å²) >= 11 is 0. The lowest BCUT2D eigenvalue weighted by atomic mass is 9.73. The molecule has 0 N–H and O–H groups in total. The number of hydrogen-bond donors (Lipinski definition) is 0. The Bertz CT molecular complexity index is 695. The molecular weight excluding hydrogens is 318 g/mol. The Labute approximate surface area is 158 Å². The third-order valence-electron chi connectivity index (χ3n) is 5.86. The van der Waals surface area contributed by atoms with Gasteiger partial charge in [-0.25, -0.2) is 0 Å². The molecule has 1 aliphatic rings. The van der Waals surface area contributed by atoms with Crippen molar-refractivity contribution in [3.05, 3.63) is 71.8 Å². The van der Waals surface area contributed by atoms with E-state index in [9.17, 15) is 4.79 Å². The standard InChI is InChI=1S/C24H31NO/c1-18(2)22-15-14-19(3)16-23(22)25(17-20-10-6-4-7-11-20)24(26)21-12-8-5-9-13-21/h4-13,18-19,22-23H,14-17H2,1-3H3/t19-,22+,23-/m1/s1. The minimum Gasteiger partial charge on any atom is -0.331 e. The van der Waals surface area contributed by atoms with E-state index in [0.717, 1.165) is 12.0 Å². The summed E-state index contributed by atoms with van der Waals surface area (Å²) in [5.41, 5.74) is 2.00. The maximum absolute atomic E-state index is 13.4. The van der Waals surface area contributed by atoms with Crippen molar-refractivity contribution >= 4 is 5.91 Å². The molecule has 0 aliphatic heterocycles. The molecule has 1 aliphatic carbocycles. The van der Waals surface area contributed by atoms with Gasteiger partial charge in [-0.1, -0.05) is 75.7 Å². The van der Waals surface area contributed by atoms with Crippen LogP contribution in [0.5, 0.6) is 0 Å². The predicted molar refractivity (Wildman–Crippen MR) is 108 cm³/mol. The summed E-state index contributed by atoms with van der Waals surface area (Å²) in [5.74, 6) is 2.01. The smallest absolute Gasteiger partial charge is 0.254 e. The monoisotopic (exact) mass is 349 g/mol. The molecule has 2 heteroatoms. The zero-order chi connectivity index (χ0) is 18.5. The molecule has 138 valence electrons. The van der Waals surface area contributed by atoms with Gasteiger partial charge in [-0.05, 0) is 48.3 Å². The summed E-state index contributed by atoms with van der Waals surface area (Å²) in [4.78, 5) is 15.6. The van der Waals surface area contributed by atoms with Crippen molar-refractivity contribution in [3.63, 3.8) is 0 Å². The number of nitrogens with zero attached hydrogens (tertiary/aromatic N) is 1.